The zero-order valence-electron chi connectivity index (χ0n) is 19.1. The molecule has 7 nitrogen and oxygen atoms in total. The summed E-state index contributed by atoms with van der Waals surface area (Å²) in [6, 6.07) is 10.6. The number of benzene rings is 2. The number of fused-ring (bicyclic) bond motifs is 1. The molecule has 1 fully saturated rings. The lowest BCUT2D eigenvalue weighted by Crippen LogP contribution is -2.41. The minimum Gasteiger partial charge on any atom is -0.324 e. The van der Waals surface area contributed by atoms with E-state index in [1.54, 1.807) is 18.2 Å². The predicted octanol–water partition coefficient (Wildman–Crippen LogP) is 3.80. The van der Waals surface area contributed by atoms with E-state index in [9.17, 15) is 18.0 Å². The van der Waals surface area contributed by atoms with Gasteiger partial charge in [-0.25, -0.2) is 8.42 Å². The Labute approximate surface area is 199 Å². The number of carbonyl (C=O) groups excluding carboxylic acids is 2. The van der Waals surface area contributed by atoms with Gasteiger partial charge in [-0.3, -0.25) is 9.59 Å². The maximum atomic E-state index is 13.2. The van der Waals surface area contributed by atoms with Crippen molar-refractivity contribution in [1.29, 1.82) is 0 Å². The van der Waals surface area contributed by atoms with Gasteiger partial charge in [0.2, 0.25) is 21.8 Å². The average molecular weight is 488 g/mol. The Balaban J connectivity index is 1.66. The van der Waals surface area contributed by atoms with E-state index in [1.165, 1.54) is 21.0 Å². The molecule has 2 aliphatic rings. The van der Waals surface area contributed by atoms with Crippen LogP contribution in [-0.2, 0) is 19.6 Å². The Morgan fingerprint density at radius 1 is 1.15 bits per heavy atom. The molecule has 0 saturated carbocycles. The lowest BCUT2D eigenvalue weighted by atomic mass is 10.1. The van der Waals surface area contributed by atoms with Gasteiger partial charge in [0.05, 0.1) is 10.6 Å². The molecule has 9 heteroatoms. The number of nitrogens with one attached hydrogen (secondary N) is 1. The van der Waals surface area contributed by atoms with Crippen molar-refractivity contribution in [1.82, 2.24) is 4.31 Å². The van der Waals surface area contributed by atoms with Crippen molar-refractivity contribution in [2.45, 2.75) is 43.4 Å². The van der Waals surface area contributed by atoms with Gasteiger partial charge >= 0.3 is 0 Å². The maximum Gasteiger partial charge on any atom is 0.244 e. The normalized spacial score (nSPS) is 19.3. The van der Waals surface area contributed by atoms with E-state index in [0.29, 0.717) is 30.2 Å². The van der Waals surface area contributed by atoms with E-state index in [2.05, 4.69) is 5.32 Å². The molecule has 0 bridgehead atoms. The first-order valence-corrected chi connectivity index (χ1v) is 13.6. The van der Waals surface area contributed by atoms with Crippen LogP contribution >= 0.6 is 11.8 Å². The molecule has 1 unspecified atom stereocenters. The van der Waals surface area contributed by atoms with Crippen LogP contribution in [0, 0.1) is 19.8 Å². The van der Waals surface area contributed by atoms with Gasteiger partial charge in [0.25, 0.3) is 0 Å². The Hall–Kier alpha value is -2.36. The van der Waals surface area contributed by atoms with Gasteiger partial charge in [-0.15, -0.1) is 11.8 Å². The molecule has 0 spiro atoms. The first-order valence-electron chi connectivity index (χ1n) is 11.1. The lowest BCUT2D eigenvalue weighted by molar-refractivity contribution is -0.123. The number of thioether (sulfide) groups is 1. The summed E-state index contributed by atoms with van der Waals surface area (Å²) >= 11 is 1.51. The Morgan fingerprint density at radius 3 is 2.61 bits per heavy atom. The van der Waals surface area contributed by atoms with E-state index in [1.807, 2.05) is 39.0 Å². The van der Waals surface area contributed by atoms with Crippen molar-refractivity contribution in [3.63, 3.8) is 0 Å². The van der Waals surface area contributed by atoms with Gasteiger partial charge in [0.15, 0.2) is 0 Å². The summed E-state index contributed by atoms with van der Waals surface area (Å²) in [4.78, 5) is 28.6. The first kappa shape index (κ1) is 23.8. The van der Waals surface area contributed by atoms with Gasteiger partial charge in [0.1, 0.15) is 6.54 Å². The minimum atomic E-state index is -3.64. The standard InChI is InChI=1S/C24H29N3O4S2/c1-16-7-6-8-20(18(16)3)25-23(28)14-27-21-13-19(33(30,31)26-11-4-5-12-26)9-10-22(21)32-15-17(2)24(27)29/h6-10,13,17H,4-5,11-12,14-15H2,1-3H3,(H,25,28). The highest BCUT2D eigenvalue weighted by Crippen LogP contribution is 2.38. The molecule has 1 atom stereocenters. The van der Waals surface area contributed by atoms with Crippen LogP contribution in [0.5, 0.6) is 0 Å². The molecule has 0 aromatic heterocycles. The maximum absolute atomic E-state index is 13.2. The highest BCUT2D eigenvalue weighted by Gasteiger charge is 2.33. The molecule has 1 N–H and O–H groups in total. The summed E-state index contributed by atoms with van der Waals surface area (Å²) < 4.78 is 27.7. The van der Waals surface area contributed by atoms with Crippen LogP contribution in [0.3, 0.4) is 0 Å². The predicted molar refractivity (Wildman–Crippen MR) is 131 cm³/mol. The van der Waals surface area contributed by atoms with Crippen LogP contribution in [0.15, 0.2) is 46.2 Å². The summed E-state index contributed by atoms with van der Waals surface area (Å²) in [6.07, 6.45) is 1.70. The largest absolute Gasteiger partial charge is 0.324 e. The second kappa shape index (κ2) is 9.48. The smallest absolute Gasteiger partial charge is 0.244 e. The highest BCUT2D eigenvalue weighted by atomic mass is 32.2. The number of hydrogen-bond donors (Lipinski definition) is 1. The second-order valence-electron chi connectivity index (χ2n) is 8.67. The van der Waals surface area contributed by atoms with E-state index in [4.69, 9.17) is 0 Å². The molecule has 2 heterocycles. The molecule has 0 radical (unpaired) electrons. The van der Waals surface area contributed by atoms with Crippen LogP contribution in [0.1, 0.15) is 30.9 Å². The molecule has 176 valence electrons. The number of rotatable bonds is 5. The van der Waals surface area contributed by atoms with Crippen molar-refractivity contribution in [3.8, 4) is 0 Å². The van der Waals surface area contributed by atoms with E-state index >= 15 is 0 Å². The van der Waals surface area contributed by atoms with Crippen molar-refractivity contribution in [2.75, 3.05) is 35.6 Å². The summed E-state index contributed by atoms with van der Waals surface area (Å²) in [5, 5.41) is 2.91. The number of amides is 2. The minimum absolute atomic E-state index is 0.158. The van der Waals surface area contributed by atoms with Crippen molar-refractivity contribution in [3.05, 3.63) is 47.5 Å². The highest BCUT2D eigenvalue weighted by molar-refractivity contribution is 7.99. The first-order chi connectivity index (χ1) is 15.7. The number of nitrogens with zero attached hydrogens (tertiary/aromatic N) is 2. The third kappa shape index (κ3) is 4.81. The Morgan fingerprint density at radius 2 is 1.88 bits per heavy atom. The number of anilines is 2. The topological polar surface area (TPSA) is 86.8 Å². The quantitative estimate of drug-likeness (QED) is 0.693. The molecular formula is C24H29N3O4S2. The van der Waals surface area contributed by atoms with E-state index < -0.39 is 10.0 Å². The number of hydrogen-bond acceptors (Lipinski definition) is 5. The van der Waals surface area contributed by atoms with Gasteiger partial charge < -0.3 is 10.2 Å². The molecule has 2 amide bonds. The number of sulfonamides is 1. The molecule has 2 aliphatic heterocycles. The fourth-order valence-corrected chi connectivity index (χ4v) is 6.71. The molecule has 1 saturated heterocycles. The summed E-state index contributed by atoms with van der Waals surface area (Å²) in [7, 11) is -3.64. The second-order valence-corrected chi connectivity index (χ2v) is 11.7. The van der Waals surface area contributed by atoms with E-state index in [0.717, 1.165) is 28.9 Å². The summed E-state index contributed by atoms with van der Waals surface area (Å²) in [5.41, 5.74) is 3.21. The van der Waals surface area contributed by atoms with Crippen LogP contribution < -0.4 is 10.2 Å². The van der Waals surface area contributed by atoms with Crippen LogP contribution in [0.25, 0.3) is 0 Å². The molecule has 4 rings (SSSR count). The Kier molecular flexibility index (Phi) is 6.83. The number of carbonyl (C=O) groups is 2. The monoisotopic (exact) mass is 487 g/mol. The molecule has 0 aliphatic carbocycles. The summed E-state index contributed by atoms with van der Waals surface area (Å²) in [5.74, 6) is -0.239. The van der Waals surface area contributed by atoms with Gasteiger partial charge in [0, 0.05) is 35.3 Å². The third-order valence-corrected chi connectivity index (χ3v) is 9.50. The molecular weight excluding hydrogens is 458 g/mol. The van der Waals surface area contributed by atoms with Crippen LogP contribution in [-0.4, -0.2) is 49.9 Å². The van der Waals surface area contributed by atoms with Gasteiger partial charge in [-0.1, -0.05) is 19.1 Å². The molecule has 33 heavy (non-hydrogen) atoms. The van der Waals surface area contributed by atoms with Gasteiger partial charge in [-0.05, 0) is 62.1 Å². The van der Waals surface area contributed by atoms with Crippen LogP contribution in [0.2, 0.25) is 0 Å². The van der Waals surface area contributed by atoms with Crippen LogP contribution in [0.4, 0.5) is 11.4 Å². The van der Waals surface area contributed by atoms with Crippen molar-refractivity contribution >= 4 is 45.0 Å². The lowest BCUT2D eigenvalue weighted by Gasteiger charge is -2.25. The van der Waals surface area contributed by atoms with Crippen molar-refractivity contribution < 1.29 is 18.0 Å². The molecule has 2 aromatic rings. The zero-order valence-corrected chi connectivity index (χ0v) is 20.8. The molecule has 2 aromatic carbocycles. The van der Waals surface area contributed by atoms with Crippen molar-refractivity contribution in [2.24, 2.45) is 5.92 Å². The van der Waals surface area contributed by atoms with Gasteiger partial charge in [-0.2, -0.15) is 4.31 Å². The fourth-order valence-electron chi connectivity index (χ4n) is 4.12. The average Bonchev–Trinajstić information content (AvgIpc) is 3.31. The fraction of sp³-hybridized carbons (Fsp3) is 0.417. The zero-order chi connectivity index (χ0) is 23.8. The SMILES string of the molecule is Cc1cccc(NC(=O)CN2C(=O)C(C)CSc3ccc(S(=O)(=O)N4CCCC4)cc32)c1C. The third-order valence-electron chi connectivity index (χ3n) is 6.28. The Bertz CT molecular complexity index is 1190. The number of aryl methyl sites for hydroxylation is 1. The van der Waals surface area contributed by atoms with E-state index in [-0.39, 0.29) is 29.2 Å². The summed E-state index contributed by atoms with van der Waals surface area (Å²) in [6.45, 7) is 6.57.